The van der Waals surface area contributed by atoms with E-state index in [1.54, 1.807) is 0 Å². The first-order valence-corrected chi connectivity index (χ1v) is 3.89. The summed E-state index contributed by atoms with van der Waals surface area (Å²) < 4.78 is 0. The fourth-order valence-electron chi connectivity index (χ4n) is 1.51. The van der Waals surface area contributed by atoms with Crippen molar-refractivity contribution in [3.63, 3.8) is 0 Å². The van der Waals surface area contributed by atoms with Gasteiger partial charge in [-0.05, 0) is 30.5 Å². The molecule has 0 atom stereocenters. The first-order valence-electron chi connectivity index (χ1n) is 3.89. The van der Waals surface area contributed by atoms with Gasteiger partial charge in [0.15, 0.2) is 0 Å². The van der Waals surface area contributed by atoms with Crippen molar-refractivity contribution < 1.29 is 0 Å². The molecule has 0 bridgehead atoms. The van der Waals surface area contributed by atoms with E-state index >= 15 is 0 Å². The van der Waals surface area contributed by atoms with Crippen LogP contribution in [0.25, 0.3) is 0 Å². The van der Waals surface area contributed by atoms with E-state index in [2.05, 4.69) is 25.1 Å². The van der Waals surface area contributed by atoms with Crippen LogP contribution in [0.4, 0.5) is 5.69 Å². The van der Waals surface area contributed by atoms with Crippen LogP contribution in [0.5, 0.6) is 0 Å². The highest BCUT2D eigenvalue weighted by atomic mass is 15.1. The number of fused-ring (bicyclic) bond motifs is 1. The molecule has 0 unspecified atom stereocenters. The summed E-state index contributed by atoms with van der Waals surface area (Å²) in [6.07, 6.45) is 1.09. The fraction of sp³-hybridized carbons (Fsp3) is 0.333. The minimum atomic E-state index is 0.957. The molecule has 2 radical (unpaired) electrons. The van der Waals surface area contributed by atoms with E-state index in [0.717, 1.165) is 13.0 Å². The van der Waals surface area contributed by atoms with Crippen molar-refractivity contribution in [1.29, 1.82) is 0 Å². The van der Waals surface area contributed by atoms with Crippen molar-refractivity contribution in [2.24, 2.45) is 0 Å². The molecule has 1 aromatic rings. The van der Waals surface area contributed by atoms with Crippen LogP contribution in [-0.4, -0.2) is 14.5 Å². The van der Waals surface area contributed by atoms with Crippen LogP contribution in [-0.2, 0) is 6.42 Å². The third-order valence-electron chi connectivity index (χ3n) is 2.17. The Morgan fingerprint density at radius 2 is 2.27 bits per heavy atom. The molecule has 0 aliphatic carbocycles. The molecule has 0 spiro atoms. The number of anilines is 1. The van der Waals surface area contributed by atoms with Gasteiger partial charge in [0.1, 0.15) is 0 Å². The molecule has 1 heterocycles. The second kappa shape index (κ2) is 2.30. The molecular formula is C9H10BN. The van der Waals surface area contributed by atoms with Crippen LogP contribution in [0.3, 0.4) is 0 Å². The zero-order valence-electron chi connectivity index (χ0n) is 6.67. The van der Waals surface area contributed by atoms with Gasteiger partial charge in [-0.2, -0.15) is 0 Å². The molecule has 0 saturated heterocycles. The van der Waals surface area contributed by atoms with Gasteiger partial charge in [0.05, 0.1) is 0 Å². The van der Waals surface area contributed by atoms with Crippen LogP contribution in [0.1, 0.15) is 11.1 Å². The highest BCUT2D eigenvalue weighted by molar-refractivity contribution is 6.18. The largest absolute Gasteiger partial charge is 0.424 e. The van der Waals surface area contributed by atoms with Gasteiger partial charge in [-0.15, -0.1) is 0 Å². The summed E-state index contributed by atoms with van der Waals surface area (Å²) in [4.78, 5) is 1.82. The lowest BCUT2D eigenvalue weighted by molar-refractivity contribution is 1.05. The van der Waals surface area contributed by atoms with E-state index < -0.39 is 0 Å². The van der Waals surface area contributed by atoms with Crippen molar-refractivity contribution >= 4 is 13.7 Å². The SMILES string of the molecule is [B]N1CCc2ccc(C)cc21. The topological polar surface area (TPSA) is 3.24 Å². The van der Waals surface area contributed by atoms with Gasteiger partial charge in [0.2, 0.25) is 7.98 Å². The maximum atomic E-state index is 5.75. The molecule has 11 heavy (non-hydrogen) atoms. The van der Waals surface area contributed by atoms with E-state index in [1.807, 2.05) is 4.81 Å². The monoisotopic (exact) mass is 143 g/mol. The molecule has 1 nitrogen and oxygen atoms in total. The van der Waals surface area contributed by atoms with Crippen molar-refractivity contribution in [1.82, 2.24) is 0 Å². The van der Waals surface area contributed by atoms with Crippen LogP contribution < -0.4 is 4.81 Å². The minimum Gasteiger partial charge on any atom is -0.424 e. The second-order valence-electron chi connectivity index (χ2n) is 3.08. The Labute approximate surface area is 68.5 Å². The highest BCUT2D eigenvalue weighted by Crippen LogP contribution is 2.26. The average molecular weight is 143 g/mol. The summed E-state index contributed by atoms with van der Waals surface area (Å²) in [5.74, 6) is 0. The maximum Gasteiger partial charge on any atom is 0.226 e. The Hall–Kier alpha value is -0.915. The molecule has 1 aromatic carbocycles. The van der Waals surface area contributed by atoms with Gasteiger partial charge in [-0.3, -0.25) is 0 Å². The van der Waals surface area contributed by atoms with E-state index in [1.165, 1.54) is 16.8 Å². The molecule has 0 fully saturated rings. The summed E-state index contributed by atoms with van der Waals surface area (Å²) in [6, 6.07) is 6.44. The van der Waals surface area contributed by atoms with Crippen molar-refractivity contribution in [2.45, 2.75) is 13.3 Å². The quantitative estimate of drug-likeness (QED) is 0.496. The molecule has 0 amide bonds. The zero-order chi connectivity index (χ0) is 7.84. The summed E-state index contributed by atoms with van der Waals surface area (Å²) in [5, 5.41) is 0. The summed E-state index contributed by atoms with van der Waals surface area (Å²) >= 11 is 0. The number of hydrogen-bond acceptors (Lipinski definition) is 1. The summed E-state index contributed by atoms with van der Waals surface area (Å²) in [6.45, 7) is 3.05. The van der Waals surface area contributed by atoms with Gasteiger partial charge in [-0.25, -0.2) is 0 Å². The molecule has 1 aliphatic heterocycles. The first kappa shape index (κ1) is 6.77. The lowest BCUT2D eigenvalue weighted by Gasteiger charge is -2.12. The normalized spacial score (nSPS) is 15.2. The Kier molecular flexibility index (Phi) is 1.41. The molecule has 54 valence electrons. The van der Waals surface area contributed by atoms with E-state index in [-0.39, 0.29) is 0 Å². The highest BCUT2D eigenvalue weighted by Gasteiger charge is 2.13. The minimum absolute atomic E-state index is 0.957. The van der Waals surface area contributed by atoms with Crippen LogP contribution >= 0.6 is 0 Å². The van der Waals surface area contributed by atoms with Crippen molar-refractivity contribution in [2.75, 3.05) is 11.4 Å². The Morgan fingerprint density at radius 1 is 1.45 bits per heavy atom. The smallest absolute Gasteiger partial charge is 0.226 e. The predicted octanol–water partition coefficient (Wildman–Crippen LogP) is 1.44. The molecule has 2 heteroatoms. The van der Waals surface area contributed by atoms with Crippen molar-refractivity contribution in [3.8, 4) is 0 Å². The Balaban J connectivity index is 2.52. The molecule has 0 aromatic heterocycles. The first-order chi connectivity index (χ1) is 5.27. The molecule has 1 aliphatic rings. The average Bonchev–Trinajstić information content (AvgIpc) is 2.33. The van der Waals surface area contributed by atoms with Gasteiger partial charge in [-0.1, -0.05) is 12.1 Å². The number of aryl methyl sites for hydroxylation is 1. The Morgan fingerprint density at radius 3 is 3.09 bits per heavy atom. The predicted molar refractivity (Wildman–Crippen MR) is 48.0 cm³/mol. The third kappa shape index (κ3) is 1.03. The van der Waals surface area contributed by atoms with Gasteiger partial charge in [0, 0.05) is 12.2 Å². The molecule has 2 rings (SSSR count). The third-order valence-corrected chi connectivity index (χ3v) is 2.17. The molecular weight excluding hydrogens is 133 g/mol. The molecule has 0 N–H and O–H groups in total. The molecule has 0 saturated carbocycles. The number of rotatable bonds is 0. The van der Waals surface area contributed by atoms with E-state index in [4.69, 9.17) is 7.98 Å². The number of nitrogens with zero attached hydrogens (tertiary/aromatic N) is 1. The lowest BCUT2D eigenvalue weighted by atomic mass is 10.1. The maximum absolute atomic E-state index is 5.75. The van der Waals surface area contributed by atoms with Gasteiger partial charge in [0.25, 0.3) is 0 Å². The van der Waals surface area contributed by atoms with Gasteiger partial charge >= 0.3 is 0 Å². The van der Waals surface area contributed by atoms with Gasteiger partial charge < -0.3 is 4.81 Å². The lowest BCUT2D eigenvalue weighted by Crippen LogP contribution is -2.14. The zero-order valence-corrected chi connectivity index (χ0v) is 6.67. The van der Waals surface area contributed by atoms with Crippen LogP contribution in [0.15, 0.2) is 18.2 Å². The summed E-state index contributed by atoms with van der Waals surface area (Å²) in [7, 11) is 5.75. The van der Waals surface area contributed by atoms with E-state index in [9.17, 15) is 0 Å². The second-order valence-corrected chi connectivity index (χ2v) is 3.08. The van der Waals surface area contributed by atoms with Crippen molar-refractivity contribution in [3.05, 3.63) is 29.3 Å². The standard InChI is InChI=1S/C9H10BN/c1-7-2-3-8-4-5-11(10)9(8)6-7/h2-3,6H,4-5H2,1H3. The van der Waals surface area contributed by atoms with Crippen LogP contribution in [0.2, 0.25) is 0 Å². The fourth-order valence-corrected chi connectivity index (χ4v) is 1.51. The summed E-state index contributed by atoms with van der Waals surface area (Å²) in [5.41, 5.74) is 3.85. The Bertz CT molecular complexity index is 283. The number of hydrogen-bond donors (Lipinski definition) is 0. The number of benzene rings is 1. The van der Waals surface area contributed by atoms with E-state index in [0.29, 0.717) is 0 Å². The van der Waals surface area contributed by atoms with Crippen LogP contribution in [0, 0.1) is 6.92 Å².